The molecule has 0 atom stereocenters. The van der Waals surface area contributed by atoms with E-state index in [2.05, 4.69) is 5.16 Å². The average molecular weight is 203 g/mol. The number of nitrogens with zero attached hydrogens (tertiary/aromatic N) is 1. The highest BCUT2D eigenvalue weighted by atomic mass is 16.5. The van der Waals surface area contributed by atoms with Gasteiger partial charge in [0.1, 0.15) is 11.5 Å². The van der Waals surface area contributed by atoms with Crippen LogP contribution in [0.5, 0.6) is 0 Å². The van der Waals surface area contributed by atoms with E-state index in [4.69, 9.17) is 9.63 Å². The van der Waals surface area contributed by atoms with Crippen LogP contribution in [0.25, 0.3) is 11.1 Å². The van der Waals surface area contributed by atoms with Crippen LogP contribution >= 0.6 is 0 Å². The van der Waals surface area contributed by atoms with Gasteiger partial charge >= 0.3 is 0 Å². The Morgan fingerprint density at radius 2 is 2.00 bits per heavy atom. The molecule has 2 rings (SSSR count). The number of aliphatic hydroxyl groups excluding tert-OH is 1. The molecule has 3 nitrogen and oxygen atoms in total. The van der Waals surface area contributed by atoms with Crippen LogP contribution in [-0.2, 0) is 6.61 Å². The van der Waals surface area contributed by atoms with Crippen LogP contribution in [0, 0.1) is 13.8 Å². The standard InChI is InChI=1S/C12H13NO2/c1-8-5-3-4-6-10(8)12-9(2)15-13-11(12)7-14/h3-6,14H,7H2,1-2H3. The maximum Gasteiger partial charge on any atom is 0.141 e. The Kier molecular flexibility index (Phi) is 2.56. The topological polar surface area (TPSA) is 46.3 Å². The van der Waals surface area contributed by atoms with Crippen LogP contribution in [0.4, 0.5) is 0 Å². The second-order valence-electron chi connectivity index (χ2n) is 3.53. The van der Waals surface area contributed by atoms with Gasteiger partial charge in [-0.3, -0.25) is 0 Å². The quantitative estimate of drug-likeness (QED) is 0.815. The number of hydrogen-bond donors (Lipinski definition) is 1. The number of benzene rings is 1. The molecule has 0 spiro atoms. The Bertz CT molecular complexity index is 474. The van der Waals surface area contributed by atoms with Gasteiger partial charge in [0.15, 0.2) is 0 Å². The molecular formula is C12H13NO2. The van der Waals surface area contributed by atoms with Gasteiger partial charge in [-0.15, -0.1) is 0 Å². The first kappa shape index (κ1) is 9.93. The van der Waals surface area contributed by atoms with Gasteiger partial charge in [-0.25, -0.2) is 0 Å². The molecule has 15 heavy (non-hydrogen) atoms. The molecule has 0 amide bonds. The Morgan fingerprint density at radius 1 is 1.27 bits per heavy atom. The fraction of sp³-hybridized carbons (Fsp3) is 0.250. The van der Waals surface area contributed by atoms with Gasteiger partial charge in [-0.2, -0.15) is 0 Å². The maximum atomic E-state index is 9.16. The second kappa shape index (κ2) is 3.87. The number of hydrogen-bond acceptors (Lipinski definition) is 3. The third-order valence-corrected chi connectivity index (χ3v) is 2.50. The van der Waals surface area contributed by atoms with Gasteiger partial charge in [0.25, 0.3) is 0 Å². The molecule has 0 aliphatic carbocycles. The summed E-state index contributed by atoms with van der Waals surface area (Å²) in [5.41, 5.74) is 3.73. The summed E-state index contributed by atoms with van der Waals surface area (Å²) in [7, 11) is 0. The number of aliphatic hydroxyl groups is 1. The van der Waals surface area contributed by atoms with Gasteiger partial charge in [-0.1, -0.05) is 29.4 Å². The summed E-state index contributed by atoms with van der Waals surface area (Å²) in [6, 6.07) is 7.99. The predicted molar refractivity (Wildman–Crippen MR) is 57.3 cm³/mol. The van der Waals surface area contributed by atoms with Crippen molar-refractivity contribution < 1.29 is 9.63 Å². The minimum absolute atomic E-state index is 0.0962. The van der Waals surface area contributed by atoms with Crippen LogP contribution in [0.1, 0.15) is 17.0 Å². The van der Waals surface area contributed by atoms with Gasteiger partial charge in [0.05, 0.1) is 12.2 Å². The first-order valence-electron chi connectivity index (χ1n) is 4.86. The van der Waals surface area contributed by atoms with Gasteiger partial charge in [-0.05, 0) is 25.0 Å². The molecule has 0 bridgehead atoms. The van der Waals surface area contributed by atoms with E-state index in [1.807, 2.05) is 38.1 Å². The van der Waals surface area contributed by atoms with E-state index in [9.17, 15) is 0 Å². The first-order chi connectivity index (χ1) is 7.24. The van der Waals surface area contributed by atoms with Gasteiger partial charge in [0.2, 0.25) is 0 Å². The summed E-state index contributed by atoms with van der Waals surface area (Å²) in [5, 5.41) is 13.0. The SMILES string of the molecule is Cc1ccccc1-c1c(CO)noc1C. The molecule has 0 saturated heterocycles. The van der Waals surface area contributed by atoms with Crippen molar-refractivity contribution in [3.05, 3.63) is 41.3 Å². The summed E-state index contributed by atoms with van der Waals surface area (Å²) < 4.78 is 5.09. The minimum Gasteiger partial charge on any atom is -0.390 e. The lowest BCUT2D eigenvalue weighted by atomic mass is 9.99. The highest BCUT2D eigenvalue weighted by molar-refractivity contribution is 5.70. The molecule has 1 aromatic heterocycles. The normalized spacial score (nSPS) is 10.6. The third kappa shape index (κ3) is 1.66. The van der Waals surface area contributed by atoms with Crippen molar-refractivity contribution in [3.63, 3.8) is 0 Å². The van der Waals surface area contributed by atoms with E-state index >= 15 is 0 Å². The Hall–Kier alpha value is -1.61. The van der Waals surface area contributed by atoms with Crippen LogP contribution in [-0.4, -0.2) is 10.3 Å². The van der Waals surface area contributed by atoms with E-state index in [1.165, 1.54) is 0 Å². The zero-order valence-electron chi connectivity index (χ0n) is 8.82. The molecule has 0 fully saturated rings. The summed E-state index contributed by atoms with van der Waals surface area (Å²) in [6.45, 7) is 3.79. The zero-order valence-corrected chi connectivity index (χ0v) is 8.82. The minimum atomic E-state index is -0.0962. The Labute approximate surface area is 88.3 Å². The van der Waals surface area contributed by atoms with E-state index in [1.54, 1.807) is 0 Å². The van der Waals surface area contributed by atoms with Crippen molar-refractivity contribution in [2.75, 3.05) is 0 Å². The fourth-order valence-corrected chi connectivity index (χ4v) is 1.72. The molecule has 2 aromatic rings. The first-order valence-corrected chi connectivity index (χ1v) is 4.86. The fourth-order valence-electron chi connectivity index (χ4n) is 1.72. The lowest BCUT2D eigenvalue weighted by molar-refractivity contribution is 0.266. The van der Waals surface area contributed by atoms with Crippen molar-refractivity contribution >= 4 is 0 Å². The van der Waals surface area contributed by atoms with Crippen LogP contribution < -0.4 is 0 Å². The molecule has 78 valence electrons. The second-order valence-corrected chi connectivity index (χ2v) is 3.53. The maximum absolute atomic E-state index is 9.16. The van der Waals surface area contributed by atoms with Crippen molar-refractivity contribution in [1.82, 2.24) is 5.16 Å². The summed E-state index contributed by atoms with van der Waals surface area (Å²) in [4.78, 5) is 0. The molecule has 0 unspecified atom stereocenters. The lowest BCUT2D eigenvalue weighted by Gasteiger charge is -2.04. The molecular weight excluding hydrogens is 190 g/mol. The molecule has 0 aliphatic rings. The van der Waals surface area contributed by atoms with Crippen LogP contribution in [0.2, 0.25) is 0 Å². The summed E-state index contributed by atoms with van der Waals surface area (Å²) in [5.74, 6) is 0.744. The van der Waals surface area contributed by atoms with E-state index in [0.717, 1.165) is 22.5 Å². The zero-order chi connectivity index (χ0) is 10.8. The Balaban J connectivity index is 2.63. The van der Waals surface area contributed by atoms with Crippen molar-refractivity contribution in [2.45, 2.75) is 20.5 Å². The molecule has 1 N–H and O–H groups in total. The van der Waals surface area contributed by atoms with Crippen molar-refractivity contribution in [3.8, 4) is 11.1 Å². The molecule has 0 aliphatic heterocycles. The van der Waals surface area contributed by atoms with E-state index in [0.29, 0.717) is 5.69 Å². The monoisotopic (exact) mass is 203 g/mol. The predicted octanol–water partition coefficient (Wildman–Crippen LogP) is 2.45. The van der Waals surface area contributed by atoms with Crippen molar-refractivity contribution in [1.29, 1.82) is 0 Å². The van der Waals surface area contributed by atoms with Crippen LogP contribution in [0.3, 0.4) is 0 Å². The molecule has 0 saturated carbocycles. The summed E-state index contributed by atoms with van der Waals surface area (Å²) >= 11 is 0. The summed E-state index contributed by atoms with van der Waals surface area (Å²) in [6.07, 6.45) is 0. The number of aromatic nitrogens is 1. The molecule has 3 heteroatoms. The largest absolute Gasteiger partial charge is 0.390 e. The average Bonchev–Trinajstić information content (AvgIpc) is 2.60. The number of rotatable bonds is 2. The highest BCUT2D eigenvalue weighted by Gasteiger charge is 2.14. The molecule has 1 heterocycles. The lowest BCUT2D eigenvalue weighted by Crippen LogP contribution is -1.90. The van der Waals surface area contributed by atoms with E-state index in [-0.39, 0.29) is 6.61 Å². The van der Waals surface area contributed by atoms with Crippen molar-refractivity contribution in [2.24, 2.45) is 0 Å². The smallest absolute Gasteiger partial charge is 0.141 e. The van der Waals surface area contributed by atoms with Gasteiger partial charge < -0.3 is 9.63 Å². The molecule has 0 radical (unpaired) electrons. The number of aryl methyl sites for hydroxylation is 2. The van der Waals surface area contributed by atoms with E-state index < -0.39 is 0 Å². The molecule has 1 aromatic carbocycles. The van der Waals surface area contributed by atoms with Crippen LogP contribution in [0.15, 0.2) is 28.8 Å². The van der Waals surface area contributed by atoms with Gasteiger partial charge in [0, 0.05) is 0 Å². The highest BCUT2D eigenvalue weighted by Crippen LogP contribution is 2.29. The Morgan fingerprint density at radius 3 is 2.67 bits per heavy atom. The third-order valence-electron chi connectivity index (χ3n) is 2.50.